The molecule has 1 aromatic heterocycles. The van der Waals surface area contributed by atoms with E-state index >= 15 is 0 Å². The Balaban J connectivity index is 1.62. The molecule has 0 aromatic carbocycles. The molecule has 2 aliphatic heterocycles. The molecule has 23 heavy (non-hydrogen) atoms. The molecule has 2 fully saturated rings. The Labute approximate surface area is 142 Å². The molecule has 0 radical (unpaired) electrons. The fraction of sp³-hybridized carbons (Fsp3) is 0.765. The first-order chi connectivity index (χ1) is 11.1. The van der Waals surface area contributed by atoms with Crippen LogP contribution in [0.2, 0.25) is 0 Å². The van der Waals surface area contributed by atoms with Crippen LogP contribution in [0, 0.1) is 13.8 Å². The summed E-state index contributed by atoms with van der Waals surface area (Å²) in [6.07, 6.45) is 3.93. The van der Waals surface area contributed by atoms with Gasteiger partial charge in [-0.2, -0.15) is 0 Å². The van der Waals surface area contributed by atoms with Crippen LogP contribution in [-0.4, -0.2) is 66.1 Å². The number of rotatable bonds is 4. The van der Waals surface area contributed by atoms with E-state index in [1.807, 2.05) is 6.92 Å². The molecule has 3 rings (SSSR count). The van der Waals surface area contributed by atoms with E-state index < -0.39 is 0 Å². The third kappa shape index (κ3) is 4.31. The van der Waals surface area contributed by atoms with Crippen LogP contribution >= 0.6 is 11.3 Å². The highest BCUT2D eigenvalue weighted by Gasteiger charge is 2.29. The highest BCUT2D eigenvalue weighted by Crippen LogP contribution is 2.22. The summed E-state index contributed by atoms with van der Waals surface area (Å²) in [6.45, 7) is 9.57. The van der Waals surface area contributed by atoms with Gasteiger partial charge in [-0.3, -0.25) is 9.69 Å². The van der Waals surface area contributed by atoms with E-state index in [0.29, 0.717) is 12.5 Å². The van der Waals surface area contributed by atoms with Crippen molar-refractivity contribution in [2.24, 2.45) is 0 Å². The van der Waals surface area contributed by atoms with Crippen LogP contribution in [0.3, 0.4) is 0 Å². The lowest BCUT2D eigenvalue weighted by Crippen LogP contribution is -2.51. The molecule has 128 valence electrons. The summed E-state index contributed by atoms with van der Waals surface area (Å²) in [4.78, 5) is 23.1. The van der Waals surface area contributed by atoms with Crippen molar-refractivity contribution in [1.29, 1.82) is 0 Å². The van der Waals surface area contributed by atoms with Crippen molar-refractivity contribution in [3.63, 3.8) is 0 Å². The largest absolute Gasteiger partial charge is 0.379 e. The molecule has 1 aromatic rings. The fourth-order valence-electron chi connectivity index (χ4n) is 3.58. The number of carbonyl (C=O) groups excluding carboxylic acids is 1. The van der Waals surface area contributed by atoms with Crippen molar-refractivity contribution in [3.05, 3.63) is 15.6 Å². The summed E-state index contributed by atoms with van der Waals surface area (Å²) < 4.78 is 5.43. The van der Waals surface area contributed by atoms with Gasteiger partial charge in [-0.05, 0) is 33.1 Å². The molecule has 3 heterocycles. The quantitative estimate of drug-likeness (QED) is 0.843. The van der Waals surface area contributed by atoms with Gasteiger partial charge in [-0.25, -0.2) is 4.98 Å². The number of thiazole rings is 1. The number of morpholine rings is 1. The molecule has 0 aliphatic carbocycles. The third-order valence-corrected chi connectivity index (χ3v) is 5.77. The Morgan fingerprint density at radius 3 is 2.74 bits per heavy atom. The van der Waals surface area contributed by atoms with Crippen molar-refractivity contribution in [1.82, 2.24) is 14.8 Å². The van der Waals surface area contributed by atoms with Gasteiger partial charge in [0.25, 0.3) is 0 Å². The second kappa shape index (κ2) is 7.73. The third-order valence-electron chi connectivity index (χ3n) is 4.84. The first kappa shape index (κ1) is 16.9. The number of likely N-dealkylation sites (tertiary alicyclic amines) is 1. The zero-order valence-electron chi connectivity index (χ0n) is 14.2. The predicted molar refractivity (Wildman–Crippen MR) is 91.9 cm³/mol. The van der Waals surface area contributed by atoms with Gasteiger partial charge in [-0.1, -0.05) is 0 Å². The van der Waals surface area contributed by atoms with Gasteiger partial charge in [0.15, 0.2) is 0 Å². The minimum atomic E-state index is 0.247. The Hall–Kier alpha value is -0.980. The van der Waals surface area contributed by atoms with Crippen LogP contribution in [0.4, 0.5) is 0 Å². The fourth-order valence-corrected chi connectivity index (χ4v) is 4.42. The number of amides is 1. The zero-order valence-corrected chi connectivity index (χ0v) is 15.0. The Kier molecular flexibility index (Phi) is 5.67. The smallest absolute Gasteiger partial charge is 0.228 e. The molecule has 2 aliphatic rings. The van der Waals surface area contributed by atoms with Crippen molar-refractivity contribution < 1.29 is 9.53 Å². The topological polar surface area (TPSA) is 45.7 Å². The molecule has 0 saturated carbocycles. The second-order valence-corrected chi connectivity index (χ2v) is 7.97. The molecule has 0 unspecified atom stereocenters. The van der Waals surface area contributed by atoms with Gasteiger partial charge in [0.1, 0.15) is 0 Å². The number of aryl methyl sites for hydroxylation is 2. The van der Waals surface area contributed by atoms with Crippen molar-refractivity contribution >= 4 is 17.2 Å². The molecule has 0 bridgehead atoms. The van der Waals surface area contributed by atoms with Gasteiger partial charge in [-0.15, -0.1) is 11.3 Å². The monoisotopic (exact) mass is 337 g/mol. The van der Waals surface area contributed by atoms with Crippen LogP contribution < -0.4 is 0 Å². The van der Waals surface area contributed by atoms with E-state index in [2.05, 4.69) is 21.7 Å². The molecule has 5 nitrogen and oxygen atoms in total. The zero-order chi connectivity index (χ0) is 16.2. The summed E-state index contributed by atoms with van der Waals surface area (Å²) in [5.74, 6) is 0.247. The van der Waals surface area contributed by atoms with Crippen LogP contribution in [0.25, 0.3) is 0 Å². The number of aromatic nitrogens is 1. The van der Waals surface area contributed by atoms with Crippen LogP contribution in [0.5, 0.6) is 0 Å². The average molecular weight is 337 g/mol. The van der Waals surface area contributed by atoms with Gasteiger partial charge in [0.2, 0.25) is 5.91 Å². The molecule has 2 saturated heterocycles. The summed E-state index contributed by atoms with van der Waals surface area (Å²) >= 11 is 1.68. The van der Waals surface area contributed by atoms with Gasteiger partial charge in [0.05, 0.1) is 30.3 Å². The maximum absolute atomic E-state index is 12.8. The van der Waals surface area contributed by atoms with Crippen LogP contribution in [0.1, 0.15) is 34.8 Å². The lowest BCUT2D eigenvalue weighted by atomic mass is 10.0. The summed E-state index contributed by atoms with van der Waals surface area (Å²) in [6, 6.07) is 0.356. The van der Waals surface area contributed by atoms with Gasteiger partial charge < -0.3 is 9.64 Å². The predicted octanol–water partition coefficient (Wildman–Crippen LogP) is 2.02. The number of carbonyl (C=O) groups is 1. The molecule has 6 heteroatoms. The minimum Gasteiger partial charge on any atom is -0.379 e. The van der Waals surface area contributed by atoms with Crippen molar-refractivity contribution in [2.75, 3.05) is 39.4 Å². The number of hydrogen-bond acceptors (Lipinski definition) is 5. The molecule has 1 atom stereocenters. The van der Waals surface area contributed by atoms with E-state index in [1.165, 1.54) is 11.3 Å². The SMILES string of the molecule is Cc1nc(CC(=O)N2CCCC[C@@H]2CN2CCOCC2)c(C)s1. The average Bonchev–Trinajstić information content (AvgIpc) is 2.86. The Morgan fingerprint density at radius 2 is 2.04 bits per heavy atom. The lowest BCUT2D eigenvalue weighted by Gasteiger charge is -2.39. The molecular weight excluding hydrogens is 310 g/mol. The highest BCUT2D eigenvalue weighted by molar-refractivity contribution is 7.11. The second-order valence-electron chi connectivity index (χ2n) is 6.56. The molecular formula is C17H27N3O2S. The maximum Gasteiger partial charge on any atom is 0.228 e. The summed E-state index contributed by atoms with van der Waals surface area (Å²) in [5.41, 5.74) is 0.966. The number of piperidine rings is 1. The van der Waals surface area contributed by atoms with E-state index in [4.69, 9.17) is 4.74 Å². The maximum atomic E-state index is 12.8. The summed E-state index contributed by atoms with van der Waals surface area (Å²) in [7, 11) is 0. The van der Waals surface area contributed by atoms with E-state index in [1.54, 1.807) is 11.3 Å². The van der Waals surface area contributed by atoms with Gasteiger partial charge in [0, 0.05) is 37.1 Å². The van der Waals surface area contributed by atoms with E-state index in [-0.39, 0.29) is 5.91 Å². The highest BCUT2D eigenvalue weighted by atomic mass is 32.1. The first-order valence-electron chi connectivity index (χ1n) is 8.66. The Morgan fingerprint density at radius 1 is 1.26 bits per heavy atom. The number of hydrogen-bond donors (Lipinski definition) is 0. The minimum absolute atomic E-state index is 0.247. The van der Waals surface area contributed by atoms with Crippen LogP contribution in [0.15, 0.2) is 0 Å². The number of nitrogens with zero attached hydrogens (tertiary/aromatic N) is 3. The standard InChI is InChI=1S/C17H27N3O2S/c1-13-16(18-14(2)23-13)11-17(21)20-6-4-3-5-15(20)12-19-7-9-22-10-8-19/h15H,3-12H2,1-2H3/t15-/m1/s1. The normalized spacial score (nSPS) is 23.2. The van der Waals surface area contributed by atoms with E-state index in [0.717, 1.165) is 62.9 Å². The lowest BCUT2D eigenvalue weighted by molar-refractivity contribution is -0.135. The molecule has 1 amide bonds. The summed E-state index contributed by atoms with van der Waals surface area (Å²) in [5, 5.41) is 1.05. The molecule has 0 N–H and O–H groups in total. The molecule has 0 spiro atoms. The first-order valence-corrected chi connectivity index (χ1v) is 9.47. The van der Waals surface area contributed by atoms with Gasteiger partial charge >= 0.3 is 0 Å². The van der Waals surface area contributed by atoms with Crippen molar-refractivity contribution in [3.8, 4) is 0 Å². The van der Waals surface area contributed by atoms with Crippen LogP contribution in [-0.2, 0) is 16.0 Å². The Bertz CT molecular complexity index is 540. The number of ether oxygens (including phenoxy) is 1. The van der Waals surface area contributed by atoms with E-state index in [9.17, 15) is 4.79 Å². The van der Waals surface area contributed by atoms with Crippen molar-refractivity contribution in [2.45, 2.75) is 45.6 Å².